The van der Waals surface area contributed by atoms with Gasteiger partial charge >= 0.3 is 0 Å². The van der Waals surface area contributed by atoms with Crippen LogP contribution in [0.1, 0.15) is 11.4 Å². The number of aromatic nitrogens is 4. The number of hydrogen-bond donors (Lipinski definition) is 0. The number of aryl methyl sites for hydroxylation is 2. The zero-order valence-corrected chi connectivity index (χ0v) is 17.2. The summed E-state index contributed by atoms with van der Waals surface area (Å²) in [6.07, 6.45) is 2.53. The second-order valence-corrected chi connectivity index (χ2v) is 9.35. The summed E-state index contributed by atoms with van der Waals surface area (Å²) >= 11 is 0. The van der Waals surface area contributed by atoms with Crippen LogP contribution in [0, 0.1) is 13.8 Å². The quantitative estimate of drug-likeness (QED) is 0.576. The normalized spacial score (nSPS) is 12.1. The van der Waals surface area contributed by atoms with Gasteiger partial charge in [0.15, 0.2) is 0 Å². The lowest BCUT2D eigenvalue weighted by Crippen LogP contribution is -2.18. The highest BCUT2D eigenvalue weighted by atomic mass is 32.2. The van der Waals surface area contributed by atoms with Crippen LogP contribution in [0.4, 0.5) is 0 Å². The Morgan fingerprint density at radius 1 is 0.750 bits per heavy atom. The molecule has 0 atom stereocenters. The lowest BCUT2D eigenvalue weighted by atomic mass is 10.3. The van der Waals surface area contributed by atoms with Gasteiger partial charge in [-0.2, -0.15) is 35.2 Å². The molecule has 0 spiro atoms. The van der Waals surface area contributed by atoms with Gasteiger partial charge < -0.3 is 9.47 Å². The first-order valence-corrected chi connectivity index (χ1v) is 10.8. The van der Waals surface area contributed by atoms with E-state index in [1.165, 1.54) is 44.8 Å². The van der Waals surface area contributed by atoms with Crippen molar-refractivity contribution in [3.8, 4) is 11.5 Å². The lowest BCUT2D eigenvalue weighted by molar-refractivity contribution is 0.378. The number of nitrogens with zero attached hydrogens (tertiary/aromatic N) is 4. The second kappa shape index (κ2) is 6.95. The standard InChI is InChI=1S/C16H18N4O6S2/c1-11-5-7-19(17-11)27(21,22)15-10-16(14(26-4)9-13(15)25-3)28(23,24)20-8-6-12(2)18-20/h5-10H,1-4H3. The molecule has 0 amide bonds. The molecule has 0 saturated carbocycles. The zero-order valence-electron chi connectivity index (χ0n) is 15.5. The van der Waals surface area contributed by atoms with Gasteiger partial charge in [0.2, 0.25) is 0 Å². The summed E-state index contributed by atoms with van der Waals surface area (Å²) in [5, 5.41) is 7.81. The Bertz CT molecular complexity index is 1150. The van der Waals surface area contributed by atoms with Crippen LogP contribution in [0.2, 0.25) is 0 Å². The average Bonchev–Trinajstić information content (AvgIpc) is 3.29. The minimum absolute atomic E-state index is 0.0828. The molecule has 1 aromatic carbocycles. The minimum atomic E-state index is -4.21. The van der Waals surface area contributed by atoms with Crippen LogP contribution in [0.3, 0.4) is 0 Å². The zero-order chi connectivity index (χ0) is 20.7. The van der Waals surface area contributed by atoms with Crippen molar-refractivity contribution in [2.75, 3.05) is 14.2 Å². The molecule has 3 aromatic rings. The summed E-state index contributed by atoms with van der Waals surface area (Å²) in [7, 11) is -5.89. The van der Waals surface area contributed by atoms with Gasteiger partial charge in [0.05, 0.1) is 25.6 Å². The largest absolute Gasteiger partial charge is 0.495 e. The number of methoxy groups -OCH3 is 2. The monoisotopic (exact) mass is 426 g/mol. The van der Waals surface area contributed by atoms with E-state index in [2.05, 4.69) is 10.2 Å². The first-order valence-electron chi connectivity index (χ1n) is 7.93. The van der Waals surface area contributed by atoms with Crippen LogP contribution in [0.5, 0.6) is 11.5 Å². The molecule has 0 aliphatic rings. The van der Waals surface area contributed by atoms with Crippen molar-refractivity contribution in [2.24, 2.45) is 0 Å². The number of rotatable bonds is 6. The van der Waals surface area contributed by atoms with E-state index < -0.39 is 20.0 Å². The topological polar surface area (TPSA) is 122 Å². The van der Waals surface area contributed by atoms with Crippen LogP contribution < -0.4 is 9.47 Å². The summed E-state index contributed by atoms with van der Waals surface area (Å²) < 4.78 is 63.9. The maximum absolute atomic E-state index is 13.0. The maximum Gasteiger partial charge on any atom is 0.286 e. The SMILES string of the molecule is COc1cc(OC)c(S(=O)(=O)n2ccc(C)n2)cc1S(=O)(=O)n1ccc(C)n1. The third-order valence-electron chi connectivity index (χ3n) is 3.90. The molecule has 2 heterocycles. The van der Waals surface area contributed by atoms with Crippen LogP contribution >= 0.6 is 0 Å². The Hall–Kier alpha value is -2.86. The Labute approximate surface area is 162 Å². The predicted octanol–water partition coefficient (Wildman–Crippen LogP) is 1.19. The van der Waals surface area contributed by atoms with E-state index in [1.54, 1.807) is 13.8 Å². The highest BCUT2D eigenvalue weighted by Crippen LogP contribution is 2.36. The fraction of sp³-hybridized carbons (Fsp3) is 0.250. The van der Waals surface area contributed by atoms with Crippen molar-refractivity contribution in [1.82, 2.24) is 18.4 Å². The molecule has 3 rings (SSSR count). The maximum atomic E-state index is 13.0. The number of ether oxygens (including phenoxy) is 2. The molecule has 0 unspecified atom stereocenters. The van der Waals surface area contributed by atoms with Crippen molar-refractivity contribution in [1.29, 1.82) is 0 Å². The molecule has 0 bridgehead atoms. The molecule has 0 fully saturated rings. The molecular formula is C16H18N4O6S2. The van der Waals surface area contributed by atoms with Gasteiger partial charge in [-0.1, -0.05) is 0 Å². The average molecular weight is 426 g/mol. The molecule has 28 heavy (non-hydrogen) atoms. The molecule has 10 nitrogen and oxygen atoms in total. The van der Waals surface area contributed by atoms with Gasteiger partial charge in [-0.3, -0.25) is 0 Å². The Morgan fingerprint density at radius 2 is 1.14 bits per heavy atom. The molecule has 0 saturated heterocycles. The first-order chi connectivity index (χ1) is 13.1. The van der Waals surface area contributed by atoms with Crippen LogP contribution in [-0.4, -0.2) is 49.4 Å². The van der Waals surface area contributed by atoms with E-state index in [0.29, 0.717) is 11.4 Å². The molecule has 150 valence electrons. The van der Waals surface area contributed by atoms with Crippen molar-refractivity contribution >= 4 is 20.0 Å². The van der Waals surface area contributed by atoms with E-state index in [4.69, 9.17) is 9.47 Å². The van der Waals surface area contributed by atoms with Gasteiger partial charge in [-0.25, -0.2) is 0 Å². The number of hydrogen-bond acceptors (Lipinski definition) is 8. The van der Waals surface area contributed by atoms with E-state index in [1.807, 2.05) is 0 Å². The van der Waals surface area contributed by atoms with Crippen molar-refractivity contribution in [2.45, 2.75) is 23.6 Å². The Balaban J connectivity index is 2.30. The summed E-state index contributed by atoms with van der Waals surface area (Å²) in [5.74, 6) is -0.166. The molecule has 12 heteroatoms. The van der Waals surface area contributed by atoms with Crippen molar-refractivity contribution < 1.29 is 26.3 Å². The summed E-state index contributed by atoms with van der Waals surface area (Å²) in [5.41, 5.74) is 0.965. The van der Waals surface area contributed by atoms with Gasteiger partial charge in [-0.05, 0) is 32.0 Å². The fourth-order valence-corrected chi connectivity index (χ4v) is 5.22. The third-order valence-corrected chi connectivity index (χ3v) is 7.04. The van der Waals surface area contributed by atoms with E-state index in [9.17, 15) is 16.8 Å². The fourth-order valence-electron chi connectivity index (χ4n) is 2.50. The molecule has 0 aliphatic heterocycles. The molecule has 0 aliphatic carbocycles. The Kier molecular flexibility index (Phi) is 4.93. The van der Waals surface area contributed by atoms with E-state index in [0.717, 1.165) is 14.2 Å². The van der Waals surface area contributed by atoms with Gasteiger partial charge in [0.25, 0.3) is 20.0 Å². The van der Waals surface area contributed by atoms with E-state index >= 15 is 0 Å². The summed E-state index contributed by atoms with van der Waals surface area (Å²) in [4.78, 5) is -0.747. The van der Waals surface area contributed by atoms with E-state index in [-0.39, 0.29) is 21.3 Å². The highest BCUT2D eigenvalue weighted by molar-refractivity contribution is 7.90. The highest BCUT2D eigenvalue weighted by Gasteiger charge is 2.30. The summed E-state index contributed by atoms with van der Waals surface area (Å²) in [6.45, 7) is 3.26. The molecular weight excluding hydrogens is 408 g/mol. The van der Waals surface area contributed by atoms with Gasteiger partial charge in [0, 0.05) is 18.5 Å². The van der Waals surface area contributed by atoms with Crippen LogP contribution in [0.15, 0.2) is 46.5 Å². The third kappa shape index (κ3) is 3.24. The molecule has 0 N–H and O–H groups in total. The first kappa shape index (κ1) is 19.9. The molecule has 0 radical (unpaired) electrons. The lowest BCUT2D eigenvalue weighted by Gasteiger charge is -2.15. The van der Waals surface area contributed by atoms with Gasteiger partial charge in [-0.15, -0.1) is 0 Å². The van der Waals surface area contributed by atoms with Crippen LogP contribution in [-0.2, 0) is 20.0 Å². The van der Waals surface area contributed by atoms with Crippen molar-refractivity contribution in [3.05, 3.63) is 48.0 Å². The molecule has 2 aromatic heterocycles. The van der Waals surface area contributed by atoms with Crippen molar-refractivity contribution in [3.63, 3.8) is 0 Å². The van der Waals surface area contributed by atoms with Crippen LogP contribution in [0.25, 0.3) is 0 Å². The summed E-state index contributed by atoms with van der Waals surface area (Å²) in [6, 6.07) is 5.21. The second-order valence-electron chi connectivity index (χ2n) is 5.82. The predicted molar refractivity (Wildman–Crippen MR) is 98.6 cm³/mol. The van der Waals surface area contributed by atoms with Gasteiger partial charge in [0.1, 0.15) is 21.3 Å². The number of benzene rings is 1. The smallest absolute Gasteiger partial charge is 0.286 e. The Morgan fingerprint density at radius 3 is 1.43 bits per heavy atom. The minimum Gasteiger partial charge on any atom is -0.495 e.